The fraction of sp³-hybridized carbons (Fsp3) is 0.368. The molecule has 0 aliphatic heterocycles. The Balaban J connectivity index is 2.01. The highest BCUT2D eigenvalue weighted by molar-refractivity contribution is 6.35. The van der Waals surface area contributed by atoms with Crippen molar-refractivity contribution in [3.8, 4) is 11.5 Å². The second kappa shape index (κ2) is 11.3. The molecule has 142 valence electrons. The van der Waals surface area contributed by atoms with Crippen LogP contribution in [0.15, 0.2) is 36.4 Å². The van der Waals surface area contributed by atoms with Gasteiger partial charge in [-0.2, -0.15) is 0 Å². The van der Waals surface area contributed by atoms with Crippen molar-refractivity contribution in [3.63, 3.8) is 0 Å². The Hall–Kier alpha value is -1.50. The zero-order valence-corrected chi connectivity index (χ0v) is 16.1. The van der Waals surface area contributed by atoms with E-state index >= 15 is 0 Å². The van der Waals surface area contributed by atoms with E-state index in [1.807, 2.05) is 24.3 Å². The number of aliphatic hydroxyl groups is 1. The number of hydrogen-bond donors (Lipinski definition) is 2. The predicted molar refractivity (Wildman–Crippen MR) is 103 cm³/mol. The minimum absolute atomic E-state index is 0.0289. The van der Waals surface area contributed by atoms with Crippen molar-refractivity contribution in [2.24, 2.45) is 0 Å². The standard InChI is InChI=1S/C19H23Cl2NO4/c1-24-18-4-2-3-14(12-22-7-9-25-10-8-23)19(18)26-13-15-5-6-16(20)11-17(15)21/h2-6,11,22-23H,7-10,12-13H2,1H3. The van der Waals surface area contributed by atoms with Gasteiger partial charge in [0.2, 0.25) is 0 Å². The first-order valence-corrected chi connectivity index (χ1v) is 9.03. The molecule has 2 aromatic carbocycles. The molecule has 0 fully saturated rings. The molecule has 0 radical (unpaired) electrons. The van der Waals surface area contributed by atoms with Crippen molar-refractivity contribution in [3.05, 3.63) is 57.6 Å². The van der Waals surface area contributed by atoms with E-state index in [2.05, 4.69) is 5.32 Å². The molecular weight excluding hydrogens is 377 g/mol. The van der Waals surface area contributed by atoms with Gasteiger partial charge in [0.1, 0.15) is 6.61 Å². The van der Waals surface area contributed by atoms with Crippen LogP contribution in [0.25, 0.3) is 0 Å². The Bertz CT molecular complexity index is 697. The Labute approximate surface area is 163 Å². The fourth-order valence-corrected chi connectivity index (χ4v) is 2.81. The summed E-state index contributed by atoms with van der Waals surface area (Å²) in [6.07, 6.45) is 0. The lowest BCUT2D eigenvalue weighted by molar-refractivity contribution is 0.0937. The van der Waals surface area contributed by atoms with E-state index in [0.717, 1.165) is 11.1 Å². The summed E-state index contributed by atoms with van der Waals surface area (Å²) in [5.41, 5.74) is 1.81. The van der Waals surface area contributed by atoms with Crippen molar-refractivity contribution < 1.29 is 19.3 Å². The zero-order chi connectivity index (χ0) is 18.8. The average molecular weight is 400 g/mol. The lowest BCUT2D eigenvalue weighted by atomic mass is 10.1. The second-order valence-corrected chi connectivity index (χ2v) is 6.33. The van der Waals surface area contributed by atoms with Gasteiger partial charge in [0, 0.05) is 34.3 Å². The molecule has 2 N–H and O–H groups in total. The van der Waals surface area contributed by atoms with E-state index in [-0.39, 0.29) is 6.61 Å². The molecule has 0 aliphatic rings. The minimum Gasteiger partial charge on any atom is -0.493 e. The summed E-state index contributed by atoms with van der Waals surface area (Å²) >= 11 is 12.1. The molecule has 2 aromatic rings. The monoisotopic (exact) mass is 399 g/mol. The molecule has 0 bridgehead atoms. The van der Waals surface area contributed by atoms with Gasteiger partial charge in [0.15, 0.2) is 11.5 Å². The molecule has 0 unspecified atom stereocenters. The first kappa shape index (κ1) is 20.8. The summed E-state index contributed by atoms with van der Waals surface area (Å²) in [5, 5.41) is 13.1. The molecule has 0 atom stereocenters. The van der Waals surface area contributed by atoms with Gasteiger partial charge in [0.05, 0.1) is 26.9 Å². The van der Waals surface area contributed by atoms with E-state index in [9.17, 15) is 0 Å². The first-order valence-electron chi connectivity index (χ1n) is 8.27. The summed E-state index contributed by atoms with van der Waals surface area (Å²) in [6, 6.07) is 11.1. The third-order valence-electron chi connectivity index (χ3n) is 3.64. The Kier molecular flexibility index (Phi) is 9.01. The smallest absolute Gasteiger partial charge is 0.166 e. The summed E-state index contributed by atoms with van der Waals surface area (Å²) in [7, 11) is 1.61. The van der Waals surface area contributed by atoms with Gasteiger partial charge in [-0.15, -0.1) is 0 Å². The fourth-order valence-electron chi connectivity index (χ4n) is 2.35. The summed E-state index contributed by atoms with van der Waals surface area (Å²) in [6.45, 7) is 2.48. The molecule has 5 nitrogen and oxygen atoms in total. The Morgan fingerprint density at radius 1 is 1.08 bits per heavy atom. The largest absolute Gasteiger partial charge is 0.493 e. The van der Waals surface area contributed by atoms with Crippen LogP contribution in [0.4, 0.5) is 0 Å². The molecule has 0 spiro atoms. The zero-order valence-electron chi connectivity index (χ0n) is 14.6. The van der Waals surface area contributed by atoms with Crippen LogP contribution in [0.2, 0.25) is 10.0 Å². The Morgan fingerprint density at radius 2 is 1.92 bits per heavy atom. The van der Waals surface area contributed by atoms with Crippen LogP contribution in [0.1, 0.15) is 11.1 Å². The van der Waals surface area contributed by atoms with E-state index < -0.39 is 0 Å². The van der Waals surface area contributed by atoms with Crippen molar-refractivity contribution in [2.45, 2.75) is 13.2 Å². The number of benzene rings is 2. The molecular formula is C19H23Cl2NO4. The van der Waals surface area contributed by atoms with Crippen molar-refractivity contribution >= 4 is 23.2 Å². The van der Waals surface area contributed by atoms with E-state index in [0.29, 0.717) is 54.5 Å². The lowest BCUT2D eigenvalue weighted by Crippen LogP contribution is -2.20. The molecule has 26 heavy (non-hydrogen) atoms. The molecule has 0 saturated heterocycles. The second-order valence-electron chi connectivity index (χ2n) is 5.49. The van der Waals surface area contributed by atoms with E-state index in [1.54, 1.807) is 19.2 Å². The highest BCUT2D eigenvalue weighted by Gasteiger charge is 2.12. The number of methoxy groups -OCH3 is 1. The van der Waals surface area contributed by atoms with Crippen LogP contribution in [-0.4, -0.2) is 38.6 Å². The maximum atomic E-state index is 8.69. The van der Waals surface area contributed by atoms with Crippen LogP contribution < -0.4 is 14.8 Å². The molecule has 0 aliphatic carbocycles. The highest BCUT2D eigenvalue weighted by atomic mass is 35.5. The van der Waals surface area contributed by atoms with Crippen LogP contribution >= 0.6 is 23.2 Å². The van der Waals surface area contributed by atoms with Crippen molar-refractivity contribution in [1.29, 1.82) is 0 Å². The highest BCUT2D eigenvalue weighted by Crippen LogP contribution is 2.32. The Morgan fingerprint density at radius 3 is 2.65 bits per heavy atom. The topological polar surface area (TPSA) is 60.0 Å². The van der Waals surface area contributed by atoms with Gasteiger partial charge >= 0.3 is 0 Å². The minimum atomic E-state index is 0.0289. The number of halogens is 2. The number of aliphatic hydroxyl groups excluding tert-OH is 1. The average Bonchev–Trinajstić information content (AvgIpc) is 2.64. The van der Waals surface area contributed by atoms with Gasteiger partial charge in [0.25, 0.3) is 0 Å². The van der Waals surface area contributed by atoms with E-state index in [4.69, 9.17) is 42.5 Å². The summed E-state index contributed by atoms with van der Waals surface area (Å²) < 4.78 is 16.7. The van der Waals surface area contributed by atoms with Gasteiger partial charge in [-0.1, -0.05) is 41.4 Å². The summed E-state index contributed by atoms with van der Waals surface area (Å²) in [5.74, 6) is 1.33. The number of hydrogen-bond acceptors (Lipinski definition) is 5. The quantitative estimate of drug-likeness (QED) is 0.564. The summed E-state index contributed by atoms with van der Waals surface area (Å²) in [4.78, 5) is 0. The number of para-hydroxylation sites is 1. The number of rotatable bonds is 11. The molecule has 0 amide bonds. The van der Waals surface area contributed by atoms with Gasteiger partial charge in [-0.3, -0.25) is 0 Å². The van der Waals surface area contributed by atoms with Crippen LogP contribution in [0, 0.1) is 0 Å². The third kappa shape index (κ3) is 6.34. The normalized spacial score (nSPS) is 10.8. The number of ether oxygens (including phenoxy) is 3. The third-order valence-corrected chi connectivity index (χ3v) is 4.23. The molecule has 2 rings (SSSR count). The SMILES string of the molecule is COc1cccc(CNCCOCCO)c1OCc1ccc(Cl)cc1Cl. The van der Waals surface area contributed by atoms with Crippen LogP contribution in [-0.2, 0) is 17.9 Å². The van der Waals surface area contributed by atoms with Gasteiger partial charge in [-0.25, -0.2) is 0 Å². The van der Waals surface area contributed by atoms with Crippen LogP contribution in [0.3, 0.4) is 0 Å². The molecule has 0 saturated carbocycles. The maximum Gasteiger partial charge on any atom is 0.166 e. The first-order chi connectivity index (χ1) is 12.7. The maximum absolute atomic E-state index is 8.69. The van der Waals surface area contributed by atoms with E-state index in [1.165, 1.54) is 0 Å². The number of nitrogens with one attached hydrogen (secondary N) is 1. The van der Waals surface area contributed by atoms with Crippen LogP contribution in [0.5, 0.6) is 11.5 Å². The molecule has 0 aromatic heterocycles. The molecule has 7 heteroatoms. The molecule has 0 heterocycles. The predicted octanol–water partition coefficient (Wildman–Crippen LogP) is 3.68. The van der Waals surface area contributed by atoms with Crippen molar-refractivity contribution in [2.75, 3.05) is 33.5 Å². The van der Waals surface area contributed by atoms with Crippen molar-refractivity contribution in [1.82, 2.24) is 5.32 Å². The van der Waals surface area contributed by atoms with Gasteiger partial charge in [-0.05, 0) is 18.2 Å². The lowest BCUT2D eigenvalue weighted by Gasteiger charge is -2.16. The van der Waals surface area contributed by atoms with Gasteiger partial charge < -0.3 is 24.6 Å².